The van der Waals surface area contributed by atoms with Crippen LogP contribution < -0.4 is 5.73 Å². The van der Waals surface area contributed by atoms with Gasteiger partial charge in [-0.05, 0) is 50.7 Å². The molecule has 98 valence electrons. The van der Waals surface area contributed by atoms with E-state index < -0.39 is 0 Å². The Hall–Kier alpha value is -1.39. The van der Waals surface area contributed by atoms with Crippen molar-refractivity contribution in [2.75, 3.05) is 26.7 Å². The number of aryl methyl sites for hydroxylation is 1. The molecular weight excluding hydrogens is 224 g/mol. The quantitative estimate of drug-likeness (QED) is 0.838. The second-order valence-corrected chi connectivity index (χ2v) is 4.87. The van der Waals surface area contributed by atoms with E-state index in [1.54, 1.807) is 0 Å². The molecule has 4 heteroatoms. The number of hydrogen-bond acceptors (Lipinski definition) is 3. The van der Waals surface area contributed by atoms with Gasteiger partial charge in [0.15, 0.2) is 0 Å². The predicted octanol–water partition coefficient (Wildman–Crippen LogP) is 1.40. The van der Waals surface area contributed by atoms with Crippen LogP contribution in [-0.4, -0.2) is 41.1 Å². The topological polar surface area (TPSA) is 47.1 Å². The van der Waals surface area contributed by atoms with E-state index in [0.717, 1.165) is 38.0 Å². The molecule has 0 aliphatic heterocycles. The summed E-state index contributed by atoms with van der Waals surface area (Å²) < 4.78 is 2.05. The second kappa shape index (κ2) is 5.98. The summed E-state index contributed by atoms with van der Waals surface area (Å²) in [4.78, 5) is 6.72. The zero-order chi connectivity index (χ0) is 13.0. The lowest BCUT2D eigenvalue weighted by Crippen LogP contribution is -2.24. The summed E-state index contributed by atoms with van der Waals surface area (Å²) in [6.45, 7) is 2.91. The number of nitrogens with two attached hydrogens (primary N) is 1. The number of rotatable bonds is 6. The van der Waals surface area contributed by atoms with Crippen molar-refractivity contribution in [3.63, 3.8) is 0 Å². The maximum atomic E-state index is 5.51. The maximum absolute atomic E-state index is 5.51. The third kappa shape index (κ3) is 3.09. The van der Waals surface area contributed by atoms with Gasteiger partial charge in [0.1, 0.15) is 0 Å². The summed E-state index contributed by atoms with van der Waals surface area (Å²) in [6, 6.07) is 6.53. The van der Waals surface area contributed by atoms with Crippen molar-refractivity contribution in [2.45, 2.75) is 12.8 Å². The number of nitrogens with zero attached hydrogens (tertiary/aromatic N) is 3. The van der Waals surface area contributed by atoms with Gasteiger partial charge in [0.25, 0.3) is 0 Å². The average molecular weight is 246 g/mol. The lowest BCUT2D eigenvalue weighted by molar-refractivity contribution is 0.335. The van der Waals surface area contributed by atoms with Crippen LogP contribution in [0.25, 0.3) is 11.0 Å². The van der Waals surface area contributed by atoms with Crippen LogP contribution in [0, 0.1) is 0 Å². The maximum Gasteiger partial charge on any atom is 0.0955 e. The largest absolute Gasteiger partial charge is 0.334 e. The molecule has 0 spiro atoms. The summed E-state index contributed by atoms with van der Waals surface area (Å²) in [7, 11) is 4.17. The Morgan fingerprint density at radius 1 is 1.33 bits per heavy atom. The fourth-order valence-corrected chi connectivity index (χ4v) is 2.13. The normalized spacial score (nSPS) is 11.6. The van der Waals surface area contributed by atoms with E-state index in [1.807, 2.05) is 17.9 Å². The molecule has 0 radical (unpaired) electrons. The lowest BCUT2D eigenvalue weighted by Gasteiger charge is -2.15. The molecule has 4 nitrogen and oxygen atoms in total. The minimum Gasteiger partial charge on any atom is -0.334 e. The highest BCUT2D eigenvalue weighted by molar-refractivity contribution is 5.75. The third-order valence-corrected chi connectivity index (χ3v) is 3.32. The van der Waals surface area contributed by atoms with Crippen LogP contribution in [0.5, 0.6) is 0 Å². The molecule has 18 heavy (non-hydrogen) atoms. The van der Waals surface area contributed by atoms with Gasteiger partial charge in [0, 0.05) is 13.6 Å². The van der Waals surface area contributed by atoms with Crippen molar-refractivity contribution in [1.29, 1.82) is 0 Å². The fourth-order valence-electron chi connectivity index (χ4n) is 2.13. The Morgan fingerprint density at radius 2 is 2.17 bits per heavy atom. The first-order chi connectivity index (χ1) is 8.70. The Bertz CT molecular complexity index is 503. The highest BCUT2D eigenvalue weighted by Gasteiger charge is 2.03. The van der Waals surface area contributed by atoms with Crippen molar-refractivity contribution in [2.24, 2.45) is 12.8 Å². The van der Waals surface area contributed by atoms with Gasteiger partial charge in [-0.25, -0.2) is 4.98 Å². The van der Waals surface area contributed by atoms with Crippen molar-refractivity contribution < 1.29 is 0 Å². The van der Waals surface area contributed by atoms with Crippen LogP contribution in [0.1, 0.15) is 12.0 Å². The van der Waals surface area contributed by atoms with E-state index in [0.29, 0.717) is 0 Å². The summed E-state index contributed by atoms with van der Waals surface area (Å²) in [5.74, 6) is 0. The molecule has 0 bridgehead atoms. The minimum atomic E-state index is 0.768. The summed E-state index contributed by atoms with van der Waals surface area (Å²) >= 11 is 0. The van der Waals surface area contributed by atoms with Crippen LogP contribution in [0.15, 0.2) is 24.5 Å². The molecule has 1 aromatic heterocycles. The molecule has 2 N–H and O–H groups in total. The number of hydrogen-bond donors (Lipinski definition) is 1. The van der Waals surface area contributed by atoms with Crippen molar-refractivity contribution >= 4 is 11.0 Å². The Labute approximate surface area is 108 Å². The molecule has 1 aromatic carbocycles. The van der Waals surface area contributed by atoms with Gasteiger partial charge in [-0.15, -0.1) is 0 Å². The lowest BCUT2D eigenvalue weighted by atomic mass is 10.1. The van der Waals surface area contributed by atoms with Gasteiger partial charge in [-0.3, -0.25) is 0 Å². The molecule has 0 saturated heterocycles. The molecule has 0 fully saturated rings. The van der Waals surface area contributed by atoms with E-state index in [9.17, 15) is 0 Å². The molecule has 1 heterocycles. The first kappa shape index (κ1) is 13.1. The number of imidazole rings is 1. The number of aromatic nitrogens is 2. The molecule has 2 aromatic rings. The van der Waals surface area contributed by atoms with Crippen molar-refractivity contribution in [3.8, 4) is 0 Å². The van der Waals surface area contributed by atoms with Crippen molar-refractivity contribution in [1.82, 2.24) is 14.5 Å². The van der Waals surface area contributed by atoms with Crippen LogP contribution in [-0.2, 0) is 13.5 Å². The van der Waals surface area contributed by atoms with Gasteiger partial charge in [-0.1, -0.05) is 6.07 Å². The zero-order valence-electron chi connectivity index (χ0n) is 11.3. The van der Waals surface area contributed by atoms with E-state index in [-0.39, 0.29) is 0 Å². The molecule has 0 atom stereocenters. The van der Waals surface area contributed by atoms with Crippen LogP contribution in [0.4, 0.5) is 0 Å². The summed E-state index contributed by atoms with van der Waals surface area (Å²) in [6.07, 6.45) is 3.99. The van der Waals surface area contributed by atoms with Crippen LogP contribution in [0.2, 0.25) is 0 Å². The molecule has 2 rings (SSSR count). The van der Waals surface area contributed by atoms with Crippen molar-refractivity contribution in [3.05, 3.63) is 30.1 Å². The molecule has 0 amide bonds. The fraction of sp³-hybridized carbons (Fsp3) is 0.500. The molecular formula is C14H22N4. The first-order valence-electron chi connectivity index (χ1n) is 6.49. The van der Waals surface area contributed by atoms with E-state index in [4.69, 9.17) is 5.73 Å². The summed E-state index contributed by atoms with van der Waals surface area (Å²) in [5, 5.41) is 0. The molecule has 0 saturated carbocycles. The van der Waals surface area contributed by atoms with Crippen LogP contribution in [0.3, 0.4) is 0 Å². The predicted molar refractivity (Wildman–Crippen MR) is 75.6 cm³/mol. The SMILES string of the molecule is CN(CCCN)CCc1ccc2c(c1)ncn2C. The highest BCUT2D eigenvalue weighted by Crippen LogP contribution is 2.14. The van der Waals surface area contributed by atoms with E-state index in [2.05, 4.69) is 35.1 Å². The Balaban J connectivity index is 1.95. The molecule has 0 unspecified atom stereocenters. The van der Waals surface area contributed by atoms with Gasteiger partial charge in [0.2, 0.25) is 0 Å². The monoisotopic (exact) mass is 246 g/mol. The Morgan fingerprint density at radius 3 is 2.94 bits per heavy atom. The number of fused-ring (bicyclic) bond motifs is 1. The smallest absolute Gasteiger partial charge is 0.0955 e. The van der Waals surface area contributed by atoms with E-state index in [1.165, 1.54) is 11.1 Å². The average Bonchev–Trinajstić information content (AvgIpc) is 2.75. The van der Waals surface area contributed by atoms with Gasteiger partial charge in [-0.2, -0.15) is 0 Å². The second-order valence-electron chi connectivity index (χ2n) is 4.87. The number of benzene rings is 1. The van der Waals surface area contributed by atoms with Gasteiger partial charge >= 0.3 is 0 Å². The van der Waals surface area contributed by atoms with Gasteiger partial charge in [0.05, 0.1) is 17.4 Å². The number of likely N-dealkylation sites (N-methyl/N-ethyl adjacent to an activating group) is 1. The van der Waals surface area contributed by atoms with Gasteiger partial charge < -0.3 is 15.2 Å². The molecule has 0 aliphatic carbocycles. The highest BCUT2D eigenvalue weighted by atomic mass is 15.1. The standard InChI is InChI=1S/C14H22N4/c1-17(8-3-7-15)9-6-12-4-5-14-13(10-12)16-11-18(14)2/h4-5,10-11H,3,6-9,15H2,1-2H3. The minimum absolute atomic E-state index is 0.768. The zero-order valence-corrected chi connectivity index (χ0v) is 11.3. The Kier molecular flexibility index (Phi) is 4.33. The van der Waals surface area contributed by atoms with E-state index >= 15 is 0 Å². The summed E-state index contributed by atoms with van der Waals surface area (Å²) in [5.41, 5.74) is 9.13. The van der Waals surface area contributed by atoms with Crippen LogP contribution >= 0.6 is 0 Å². The first-order valence-corrected chi connectivity index (χ1v) is 6.49. The molecule has 0 aliphatic rings. The third-order valence-electron chi connectivity index (χ3n) is 3.32.